The fourth-order valence-corrected chi connectivity index (χ4v) is 3.74. The van der Waals surface area contributed by atoms with Crippen LogP contribution in [0.1, 0.15) is 52.1 Å². The number of nitrogens with one attached hydrogen (secondary N) is 3. The number of aryl methyl sites for hydroxylation is 1. The van der Waals surface area contributed by atoms with Gasteiger partial charge in [0, 0.05) is 23.3 Å². The van der Waals surface area contributed by atoms with Gasteiger partial charge < -0.3 is 16.0 Å². The zero-order valence-electron chi connectivity index (χ0n) is 17.0. The monoisotopic (exact) mass is 423 g/mol. The first-order valence-corrected chi connectivity index (χ1v) is 10.7. The van der Waals surface area contributed by atoms with Crippen molar-refractivity contribution in [2.24, 2.45) is 0 Å². The average molecular weight is 424 g/mol. The molecule has 30 heavy (non-hydrogen) atoms. The SMILES string of the molecule is CCc1cnccc1C(C)NC(=O)NCc1csc(CNC(=O)c2ccccc2)n1. The third-order valence-electron chi connectivity index (χ3n) is 4.60. The zero-order valence-corrected chi connectivity index (χ0v) is 17.8. The summed E-state index contributed by atoms with van der Waals surface area (Å²) < 4.78 is 0. The van der Waals surface area contributed by atoms with Gasteiger partial charge in [-0.1, -0.05) is 25.1 Å². The van der Waals surface area contributed by atoms with E-state index in [9.17, 15) is 9.59 Å². The lowest BCUT2D eigenvalue weighted by atomic mass is 10.0. The molecule has 2 aromatic heterocycles. The number of carbonyl (C=O) groups is 2. The number of amides is 3. The molecule has 0 aliphatic heterocycles. The number of urea groups is 1. The van der Waals surface area contributed by atoms with Gasteiger partial charge >= 0.3 is 6.03 Å². The van der Waals surface area contributed by atoms with E-state index in [0.717, 1.165) is 28.2 Å². The molecule has 0 bridgehead atoms. The Morgan fingerprint density at radius 2 is 1.90 bits per heavy atom. The summed E-state index contributed by atoms with van der Waals surface area (Å²) in [5.74, 6) is -0.138. The Kier molecular flexibility index (Phi) is 7.51. The first-order chi connectivity index (χ1) is 14.6. The van der Waals surface area contributed by atoms with Crippen LogP contribution in [-0.2, 0) is 19.5 Å². The van der Waals surface area contributed by atoms with Crippen molar-refractivity contribution < 1.29 is 9.59 Å². The van der Waals surface area contributed by atoms with E-state index < -0.39 is 0 Å². The summed E-state index contributed by atoms with van der Waals surface area (Å²) in [7, 11) is 0. The number of carbonyl (C=O) groups excluding carboxylic acids is 2. The van der Waals surface area contributed by atoms with Gasteiger partial charge in [0.15, 0.2) is 0 Å². The van der Waals surface area contributed by atoms with Gasteiger partial charge in [0.05, 0.1) is 24.8 Å². The molecule has 3 aromatic rings. The molecular formula is C22H25N5O2S. The van der Waals surface area contributed by atoms with Crippen LogP contribution in [0.15, 0.2) is 54.2 Å². The molecule has 1 atom stereocenters. The molecule has 1 aromatic carbocycles. The zero-order chi connectivity index (χ0) is 21.3. The highest BCUT2D eigenvalue weighted by atomic mass is 32.1. The van der Waals surface area contributed by atoms with Gasteiger partial charge in [0.1, 0.15) is 5.01 Å². The van der Waals surface area contributed by atoms with E-state index in [2.05, 4.69) is 32.8 Å². The second-order valence-electron chi connectivity index (χ2n) is 6.76. The molecule has 0 aliphatic carbocycles. The molecule has 156 valence electrons. The van der Waals surface area contributed by atoms with Crippen LogP contribution >= 0.6 is 11.3 Å². The highest BCUT2D eigenvalue weighted by Gasteiger charge is 2.13. The minimum absolute atomic E-state index is 0.123. The van der Waals surface area contributed by atoms with E-state index in [0.29, 0.717) is 18.7 Å². The molecule has 3 N–H and O–H groups in total. The lowest BCUT2D eigenvalue weighted by Crippen LogP contribution is -2.37. The van der Waals surface area contributed by atoms with E-state index in [4.69, 9.17) is 0 Å². The Morgan fingerprint density at radius 1 is 1.10 bits per heavy atom. The second kappa shape index (κ2) is 10.5. The predicted octanol–water partition coefficient (Wildman–Crippen LogP) is 3.59. The van der Waals surface area contributed by atoms with E-state index in [1.54, 1.807) is 18.3 Å². The summed E-state index contributed by atoms with van der Waals surface area (Å²) in [6.45, 7) is 4.68. The van der Waals surface area contributed by atoms with E-state index in [1.165, 1.54) is 11.3 Å². The molecule has 0 radical (unpaired) electrons. The number of rotatable bonds is 8. The van der Waals surface area contributed by atoms with Crippen LogP contribution in [0, 0.1) is 0 Å². The lowest BCUT2D eigenvalue weighted by Gasteiger charge is -2.17. The summed E-state index contributed by atoms with van der Waals surface area (Å²) >= 11 is 1.45. The smallest absolute Gasteiger partial charge is 0.315 e. The van der Waals surface area contributed by atoms with Gasteiger partial charge in [-0.3, -0.25) is 9.78 Å². The molecule has 0 aliphatic rings. The number of pyridine rings is 1. The standard InChI is InChI=1S/C22H25N5O2S/c1-3-16-11-23-10-9-19(16)15(2)26-22(29)25-12-18-14-30-20(27-18)13-24-21(28)17-7-5-4-6-8-17/h4-11,14-15H,3,12-13H2,1-2H3,(H,24,28)(H2,25,26,29). The van der Waals surface area contributed by atoms with Crippen LogP contribution in [-0.4, -0.2) is 21.9 Å². The molecule has 0 fully saturated rings. The Hall–Kier alpha value is -3.26. The van der Waals surface area contributed by atoms with Gasteiger partial charge in [-0.2, -0.15) is 0 Å². The van der Waals surface area contributed by atoms with Crippen LogP contribution in [0.25, 0.3) is 0 Å². The minimum atomic E-state index is -0.256. The third-order valence-corrected chi connectivity index (χ3v) is 5.50. The fourth-order valence-electron chi connectivity index (χ4n) is 3.01. The van der Waals surface area contributed by atoms with Crippen molar-refractivity contribution >= 4 is 23.3 Å². The highest BCUT2D eigenvalue weighted by molar-refractivity contribution is 7.09. The van der Waals surface area contributed by atoms with Crippen molar-refractivity contribution in [3.63, 3.8) is 0 Å². The molecule has 7 nitrogen and oxygen atoms in total. The summed E-state index contributed by atoms with van der Waals surface area (Å²) in [6.07, 6.45) is 4.43. The quantitative estimate of drug-likeness (QED) is 0.516. The largest absolute Gasteiger partial charge is 0.346 e. The molecule has 1 unspecified atom stereocenters. The van der Waals surface area contributed by atoms with E-state index in [-0.39, 0.29) is 18.0 Å². The maximum atomic E-state index is 12.3. The van der Waals surface area contributed by atoms with Gasteiger partial charge in [0.2, 0.25) is 0 Å². The number of aromatic nitrogens is 2. The van der Waals surface area contributed by atoms with Crippen molar-refractivity contribution in [1.82, 2.24) is 25.9 Å². The third kappa shape index (κ3) is 5.87. The lowest BCUT2D eigenvalue weighted by molar-refractivity contribution is 0.0951. The average Bonchev–Trinajstić information content (AvgIpc) is 3.24. The summed E-state index contributed by atoms with van der Waals surface area (Å²) in [5.41, 5.74) is 3.55. The maximum absolute atomic E-state index is 12.3. The predicted molar refractivity (Wildman–Crippen MR) is 117 cm³/mol. The van der Waals surface area contributed by atoms with Crippen LogP contribution in [0.5, 0.6) is 0 Å². The summed E-state index contributed by atoms with van der Waals surface area (Å²) in [4.78, 5) is 33.0. The number of nitrogens with zero attached hydrogens (tertiary/aromatic N) is 2. The molecule has 3 rings (SSSR count). The number of hydrogen-bond acceptors (Lipinski definition) is 5. The first-order valence-electron chi connectivity index (χ1n) is 9.80. The number of hydrogen-bond donors (Lipinski definition) is 3. The Morgan fingerprint density at radius 3 is 2.67 bits per heavy atom. The van der Waals surface area contributed by atoms with Gasteiger partial charge in [-0.25, -0.2) is 9.78 Å². The van der Waals surface area contributed by atoms with Crippen LogP contribution < -0.4 is 16.0 Å². The van der Waals surface area contributed by atoms with Crippen molar-refractivity contribution in [3.05, 3.63) is 81.6 Å². The van der Waals surface area contributed by atoms with Crippen molar-refractivity contribution in [2.45, 2.75) is 39.4 Å². The number of benzene rings is 1. The van der Waals surface area contributed by atoms with Gasteiger partial charge in [0.25, 0.3) is 5.91 Å². The van der Waals surface area contributed by atoms with Crippen LogP contribution in [0.2, 0.25) is 0 Å². The van der Waals surface area contributed by atoms with E-state index in [1.807, 2.05) is 42.8 Å². The molecule has 0 saturated heterocycles. The van der Waals surface area contributed by atoms with Crippen molar-refractivity contribution in [2.75, 3.05) is 0 Å². The Labute approximate surface area is 180 Å². The summed E-state index contributed by atoms with van der Waals surface area (Å²) in [5, 5.41) is 11.3. The van der Waals surface area contributed by atoms with Crippen LogP contribution in [0.3, 0.4) is 0 Å². The van der Waals surface area contributed by atoms with E-state index >= 15 is 0 Å². The normalized spacial score (nSPS) is 11.5. The first kappa shape index (κ1) is 21.4. The highest BCUT2D eigenvalue weighted by Crippen LogP contribution is 2.17. The molecule has 2 heterocycles. The van der Waals surface area contributed by atoms with Gasteiger partial charge in [-0.15, -0.1) is 11.3 Å². The summed E-state index contributed by atoms with van der Waals surface area (Å²) in [6, 6.07) is 10.6. The minimum Gasteiger partial charge on any atom is -0.346 e. The van der Waals surface area contributed by atoms with Crippen LogP contribution in [0.4, 0.5) is 4.79 Å². The molecule has 0 spiro atoms. The fraction of sp³-hybridized carbons (Fsp3) is 0.273. The molecular weight excluding hydrogens is 398 g/mol. The maximum Gasteiger partial charge on any atom is 0.315 e. The molecule has 0 saturated carbocycles. The second-order valence-corrected chi connectivity index (χ2v) is 7.70. The van der Waals surface area contributed by atoms with Crippen molar-refractivity contribution in [3.8, 4) is 0 Å². The Bertz CT molecular complexity index is 990. The molecule has 8 heteroatoms. The molecule has 3 amide bonds. The van der Waals surface area contributed by atoms with Gasteiger partial charge in [-0.05, 0) is 42.7 Å². The topological polar surface area (TPSA) is 96.0 Å². The Balaban J connectivity index is 1.45. The number of thiazole rings is 1. The van der Waals surface area contributed by atoms with Crippen molar-refractivity contribution in [1.29, 1.82) is 0 Å².